The predicted molar refractivity (Wildman–Crippen MR) is 72.1 cm³/mol. The van der Waals surface area contributed by atoms with Crippen molar-refractivity contribution in [3.05, 3.63) is 35.1 Å². The van der Waals surface area contributed by atoms with Gasteiger partial charge in [-0.1, -0.05) is 20.8 Å². The van der Waals surface area contributed by atoms with Gasteiger partial charge in [-0.3, -0.25) is 0 Å². The Hall–Kier alpha value is -1.91. The van der Waals surface area contributed by atoms with Gasteiger partial charge in [-0.25, -0.2) is 14.0 Å². The van der Waals surface area contributed by atoms with Crippen LogP contribution in [0.3, 0.4) is 0 Å². The highest BCUT2D eigenvalue weighted by atomic mass is 19.1. The lowest BCUT2D eigenvalue weighted by Crippen LogP contribution is -2.20. The molecule has 0 aliphatic carbocycles. The summed E-state index contributed by atoms with van der Waals surface area (Å²) in [6, 6.07) is 3.31. The zero-order chi connectivity index (χ0) is 15.3. The molecule has 110 valence electrons. The lowest BCUT2D eigenvalue weighted by atomic mass is 9.98. The number of carbonyl (C=O) groups is 2. The van der Waals surface area contributed by atoms with Crippen molar-refractivity contribution in [3.8, 4) is 0 Å². The minimum atomic E-state index is -0.734. The number of halogens is 1. The van der Waals surface area contributed by atoms with Crippen LogP contribution in [0.1, 0.15) is 48.4 Å². The number of rotatable bonds is 4. The molecule has 0 amide bonds. The monoisotopic (exact) mass is 282 g/mol. The highest BCUT2D eigenvalue weighted by Gasteiger charge is 2.22. The van der Waals surface area contributed by atoms with Gasteiger partial charge in [0.05, 0.1) is 24.3 Å². The van der Waals surface area contributed by atoms with Crippen LogP contribution in [0.4, 0.5) is 4.39 Å². The first kappa shape index (κ1) is 16.1. The van der Waals surface area contributed by atoms with Crippen molar-refractivity contribution >= 4 is 11.9 Å². The molecule has 1 rings (SSSR count). The summed E-state index contributed by atoms with van der Waals surface area (Å²) in [6.07, 6.45) is 0. The van der Waals surface area contributed by atoms with E-state index in [1.807, 2.05) is 20.8 Å². The van der Waals surface area contributed by atoms with Crippen LogP contribution in [-0.2, 0) is 9.47 Å². The van der Waals surface area contributed by atoms with E-state index < -0.39 is 17.8 Å². The molecule has 1 aromatic rings. The Balaban J connectivity index is 3.00. The van der Waals surface area contributed by atoms with Crippen molar-refractivity contribution in [2.24, 2.45) is 5.41 Å². The molecule has 0 aliphatic heterocycles. The molecule has 0 aromatic heterocycles. The summed E-state index contributed by atoms with van der Waals surface area (Å²) in [5.41, 5.74) is -0.326. The van der Waals surface area contributed by atoms with E-state index in [-0.39, 0.29) is 29.8 Å². The first-order chi connectivity index (χ1) is 9.24. The SMILES string of the molecule is CCOC(=O)c1ccc(F)cc1C(=O)OCC(C)(C)C. The van der Waals surface area contributed by atoms with Crippen LogP contribution in [0.15, 0.2) is 18.2 Å². The van der Waals surface area contributed by atoms with Crippen LogP contribution in [0, 0.1) is 11.2 Å². The average molecular weight is 282 g/mol. The van der Waals surface area contributed by atoms with Gasteiger partial charge in [0.1, 0.15) is 5.82 Å². The molecule has 5 heteroatoms. The van der Waals surface area contributed by atoms with Gasteiger partial charge >= 0.3 is 11.9 Å². The number of esters is 2. The van der Waals surface area contributed by atoms with E-state index in [0.29, 0.717) is 0 Å². The van der Waals surface area contributed by atoms with Crippen molar-refractivity contribution < 1.29 is 23.5 Å². The molecule has 0 unspecified atom stereocenters. The Bertz CT molecular complexity index is 503. The number of ether oxygens (including phenoxy) is 2. The molecule has 20 heavy (non-hydrogen) atoms. The maximum absolute atomic E-state index is 13.3. The molecule has 0 bridgehead atoms. The largest absolute Gasteiger partial charge is 0.462 e. The lowest BCUT2D eigenvalue weighted by molar-refractivity contribution is 0.0354. The molecule has 0 radical (unpaired) electrons. The Morgan fingerprint density at radius 3 is 2.25 bits per heavy atom. The number of hydrogen-bond donors (Lipinski definition) is 0. The third kappa shape index (κ3) is 4.64. The Morgan fingerprint density at radius 1 is 1.10 bits per heavy atom. The Morgan fingerprint density at radius 2 is 1.70 bits per heavy atom. The molecule has 4 nitrogen and oxygen atoms in total. The second-order valence-corrected chi connectivity index (χ2v) is 5.55. The average Bonchev–Trinajstić information content (AvgIpc) is 2.35. The number of carbonyl (C=O) groups excluding carboxylic acids is 2. The molecule has 1 aromatic carbocycles. The highest BCUT2D eigenvalue weighted by Crippen LogP contribution is 2.18. The molecular formula is C15H19FO4. The predicted octanol–water partition coefficient (Wildman–Crippen LogP) is 3.21. The molecule has 0 heterocycles. The zero-order valence-electron chi connectivity index (χ0n) is 12.2. The maximum atomic E-state index is 13.3. The van der Waals surface area contributed by atoms with Gasteiger partial charge in [0.2, 0.25) is 0 Å². The van der Waals surface area contributed by atoms with Gasteiger partial charge in [0.15, 0.2) is 0 Å². The van der Waals surface area contributed by atoms with Crippen LogP contribution < -0.4 is 0 Å². The van der Waals surface area contributed by atoms with Gasteiger partial charge in [-0.15, -0.1) is 0 Å². The van der Waals surface area contributed by atoms with Crippen LogP contribution >= 0.6 is 0 Å². The lowest BCUT2D eigenvalue weighted by Gasteiger charge is -2.18. The second-order valence-electron chi connectivity index (χ2n) is 5.55. The minimum absolute atomic E-state index is 0.00663. The van der Waals surface area contributed by atoms with E-state index in [9.17, 15) is 14.0 Å². The van der Waals surface area contributed by atoms with E-state index in [1.54, 1.807) is 6.92 Å². The van der Waals surface area contributed by atoms with Gasteiger partial charge < -0.3 is 9.47 Å². The van der Waals surface area contributed by atoms with E-state index in [1.165, 1.54) is 6.07 Å². The third-order valence-electron chi connectivity index (χ3n) is 2.33. The molecule has 0 aliphatic rings. The highest BCUT2D eigenvalue weighted by molar-refractivity contribution is 6.03. The summed E-state index contributed by atoms with van der Waals surface area (Å²) in [7, 11) is 0. The maximum Gasteiger partial charge on any atom is 0.339 e. The van der Waals surface area contributed by atoms with E-state index in [0.717, 1.165) is 12.1 Å². The van der Waals surface area contributed by atoms with Crippen LogP contribution in [0.25, 0.3) is 0 Å². The zero-order valence-corrected chi connectivity index (χ0v) is 12.2. The summed E-state index contributed by atoms with van der Waals surface area (Å²) in [6.45, 7) is 7.70. The van der Waals surface area contributed by atoms with Crippen molar-refractivity contribution in [2.45, 2.75) is 27.7 Å². The van der Waals surface area contributed by atoms with Crippen LogP contribution in [0.2, 0.25) is 0 Å². The fraction of sp³-hybridized carbons (Fsp3) is 0.467. The van der Waals surface area contributed by atoms with E-state index in [2.05, 4.69) is 0 Å². The molecule has 0 N–H and O–H groups in total. The standard InChI is InChI=1S/C15H19FO4/c1-5-19-13(17)11-7-6-10(16)8-12(11)14(18)20-9-15(2,3)4/h6-8H,5,9H2,1-4H3. The molecule has 0 saturated carbocycles. The van der Waals surface area contributed by atoms with Crippen molar-refractivity contribution in [1.82, 2.24) is 0 Å². The first-order valence-corrected chi connectivity index (χ1v) is 6.38. The normalized spacial score (nSPS) is 11.1. The number of hydrogen-bond acceptors (Lipinski definition) is 4. The smallest absolute Gasteiger partial charge is 0.339 e. The quantitative estimate of drug-likeness (QED) is 0.796. The number of benzene rings is 1. The summed E-state index contributed by atoms with van der Waals surface area (Å²) in [4.78, 5) is 23.7. The van der Waals surface area contributed by atoms with Gasteiger partial charge in [-0.05, 0) is 30.5 Å². The first-order valence-electron chi connectivity index (χ1n) is 6.38. The van der Waals surface area contributed by atoms with Crippen molar-refractivity contribution in [1.29, 1.82) is 0 Å². The summed E-state index contributed by atoms with van der Waals surface area (Å²) >= 11 is 0. The van der Waals surface area contributed by atoms with Gasteiger partial charge in [-0.2, -0.15) is 0 Å². The van der Waals surface area contributed by atoms with Crippen LogP contribution in [0.5, 0.6) is 0 Å². The van der Waals surface area contributed by atoms with Crippen molar-refractivity contribution in [2.75, 3.05) is 13.2 Å². The van der Waals surface area contributed by atoms with Crippen molar-refractivity contribution in [3.63, 3.8) is 0 Å². The molecule has 0 fully saturated rings. The minimum Gasteiger partial charge on any atom is -0.462 e. The Kier molecular flexibility index (Phi) is 5.25. The van der Waals surface area contributed by atoms with Crippen LogP contribution in [-0.4, -0.2) is 25.2 Å². The van der Waals surface area contributed by atoms with E-state index in [4.69, 9.17) is 9.47 Å². The van der Waals surface area contributed by atoms with Gasteiger partial charge in [0.25, 0.3) is 0 Å². The molecule has 0 saturated heterocycles. The van der Waals surface area contributed by atoms with Gasteiger partial charge in [0, 0.05) is 0 Å². The summed E-state index contributed by atoms with van der Waals surface area (Å²) < 4.78 is 23.2. The molecule has 0 spiro atoms. The van der Waals surface area contributed by atoms with E-state index >= 15 is 0 Å². The second kappa shape index (κ2) is 6.50. The summed E-state index contributed by atoms with van der Waals surface area (Å²) in [5.74, 6) is -2.02. The summed E-state index contributed by atoms with van der Waals surface area (Å²) in [5, 5.41) is 0. The fourth-order valence-electron chi connectivity index (χ4n) is 1.43. The molecule has 0 atom stereocenters. The topological polar surface area (TPSA) is 52.6 Å². The third-order valence-corrected chi connectivity index (χ3v) is 2.33. The molecular weight excluding hydrogens is 263 g/mol. The fourth-order valence-corrected chi connectivity index (χ4v) is 1.43. The Labute approximate surface area is 117 Å².